The summed E-state index contributed by atoms with van der Waals surface area (Å²) in [7, 11) is 1.83. The summed E-state index contributed by atoms with van der Waals surface area (Å²) in [6.07, 6.45) is 0.813. The average Bonchev–Trinajstić information content (AvgIpc) is 2.81. The molecule has 1 saturated heterocycles. The molecule has 1 fully saturated rings. The maximum absolute atomic E-state index is 13.2. The van der Waals surface area contributed by atoms with Gasteiger partial charge in [0.1, 0.15) is 0 Å². The van der Waals surface area contributed by atoms with E-state index in [0.29, 0.717) is 6.54 Å². The number of carbonyl (C=O) groups is 2. The first-order valence-electron chi connectivity index (χ1n) is 9.37. The fraction of sp³-hybridized carbons (Fsp3) is 0.364. The van der Waals surface area contributed by atoms with E-state index in [2.05, 4.69) is 29.6 Å². The molecule has 0 saturated carbocycles. The standard InChI is InChI=1S/C22H27N3O2/c1-15(21(23)26)24-20-19(17-11-7-4-8-12-17)13-18(14-25(2)22(20)27)16-9-5-3-6-10-16/h3-12,15,18-20,24H,13-14H2,1-2H3,(H2,23,26)/t15-,18+,19-,20-/m0/s1. The molecule has 3 rings (SSSR count). The van der Waals surface area contributed by atoms with Crippen LogP contribution >= 0.6 is 0 Å². The van der Waals surface area contributed by atoms with Gasteiger partial charge in [-0.2, -0.15) is 0 Å². The number of benzene rings is 2. The number of nitrogens with one attached hydrogen (secondary N) is 1. The Kier molecular flexibility index (Phi) is 5.91. The molecule has 0 unspecified atom stereocenters. The monoisotopic (exact) mass is 365 g/mol. The quantitative estimate of drug-likeness (QED) is 0.853. The van der Waals surface area contributed by atoms with Gasteiger partial charge in [-0.05, 0) is 24.5 Å². The highest BCUT2D eigenvalue weighted by atomic mass is 16.2. The van der Waals surface area contributed by atoms with Crippen LogP contribution in [0.15, 0.2) is 60.7 Å². The summed E-state index contributed by atoms with van der Waals surface area (Å²) < 4.78 is 0. The lowest BCUT2D eigenvalue weighted by Crippen LogP contribution is -2.53. The molecule has 0 aliphatic carbocycles. The fourth-order valence-electron chi connectivity index (χ4n) is 3.88. The molecule has 27 heavy (non-hydrogen) atoms. The second kappa shape index (κ2) is 8.35. The van der Waals surface area contributed by atoms with E-state index >= 15 is 0 Å². The zero-order valence-electron chi connectivity index (χ0n) is 15.8. The van der Waals surface area contributed by atoms with Crippen LogP contribution in [0.3, 0.4) is 0 Å². The normalized spacial score (nSPS) is 24.3. The number of nitrogens with zero attached hydrogens (tertiary/aromatic N) is 1. The third kappa shape index (κ3) is 4.37. The van der Waals surface area contributed by atoms with E-state index in [0.717, 1.165) is 12.0 Å². The molecular weight excluding hydrogens is 338 g/mol. The first-order valence-corrected chi connectivity index (χ1v) is 9.37. The van der Waals surface area contributed by atoms with Crippen molar-refractivity contribution in [1.82, 2.24) is 10.2 Å². The predicted molar refractivity (Wildman–Crippen MR) is 106 cm³/mol. The number of likely N-dealkylation sites (N-methyl/N-ethyl adjacent to an activating group) is 1. The summed E-state index contributed by atoms with van der Waals surface area (Å²) in [6.45, 7) is 2.35. The van der Waals surface area contributed by atoms with E-state index in [9.17, 15) is 9.59 Å². The molecule has 2 amide bonds. The Morgan fingerprint density at radius 3 is 2.19 bits per heavy atom. The lowest BCUT2D eigenvalue weighted by Gasteiger charge is -2.29. The van der Waals surface area contributed by atoms with Crippen LogP contribution in [0.25, 0.3) is 0 Å². The Balaban J connectivity index is 1.99. The molecule has 1 aliphatic heterocycles. The molecule has 1 aliphatic rings. The van der Waals surface area contributed by atoms with Gasteiger partial charge in [-0.25, -0.2) is 0 Å². The Morgan fingerprint density at radius 2 is 1.63 bits per heavy atom. The van der Waals surface area contributed by atoms with Gasteiger partial charge in [0.05, 0.1) is 12.1 Å². The van der Waals surface area contributed by atoms with Crippen LogP contribution in [0.4, 0.5) is 0 Å². The number of rotatable bonds is 5. The van der Waals surface area contributed by atoms with Crippen LogP contribution in [0, 0.1) is 0 Å². The molecule has 1 heterocycles. The minimum absolute atomic E-state index is 0.00427. The summed E-state index contributed by atoms with van der Waals surface area (Å²) in [5, 5.41) is 3.19. The van der Waals surface area contributed by atoms with E-state index in [-0.39, 0.29) is 17.7 Å². The maximum Gasteiger partial charge on any atom is 0.240 e. The molecule has 0 bridgehead atoms. The predicted octanol–water partition coefficient (Wildman–Crippen LogP) is 2.25. The van der Waals surface area contributed by atoms with Crippen LogP contribution in [-0.2, 0) is 9.59 Å². The number of carbonyl (C=O) groups excluding carboxylic acids is 2. The summed E-state index contributed by atoms with van der Waals surface area (Å²) >= 11 is 0. The van der Waals surface area contributed by atoms with Crippen LogP contribution in [-0.4, -0.2) is 42.4 Å². The van der Waals surface area contributed by atoms with E-state index in [1.54, 1.807) is 11.8 Å². The van der Waals surface area contributed by atoms with Crippen molar-refractivity contribution in [3.05, 3.63) is 71.8 Å². The largest absolute Gasteiger partial charge is 0.368 e. The zero-order chi connectivity index (χ0) is 19.4. The number of hydrogen-bond acceptors (Lipinski definition) is 3. The second-order valence-electron chi connectivity index (χ2n) is 7.35. The SMILES string of the molecule is C[C@H](N[C@@H]1C(=O)N(C)C[C@H](c2ccccc2)C[C@H]1c1ccccc1)C(N)=O. The Bertz CT molecular complexity index is 779. The summed E-state index contributed by atoms with van der Waals surface area (Å²) in [5.74, 6) is -0.284. The summed E-state index contributed by atoms with van der Waals surface area (Å²) in [5.41, 5.74) is 7.77. The molecule has 0 radical (unpaired) electrons. The van der Waals surface area contributed by atoms with Crippen LogP contribution < -0.4 is 11.1 Å². The van der Waals surface area contributed by atoms with Gasteiger partial charge in [0, 0.05) is 25.4 Å². The van der Waals surface area contributed by atoms with E-state index in [1.165, 1.54) is 5.56 Å². The fourth-order valence-corrected chi connectivity index (χ4v) is 3.88. The van der Waals surface area contributed by atoms with E-state index < -0.39 is 18.0 Å². The lowest BCUT2D eigenvalue weighted by molar-refractivity contribution is -0.132. The molecule has 2 aromatic carbocycles. The van der Waals surface area contributed by atoms with Crippen molar-refractivity contribution in [2.75, 3.05) is 13.6 Å². The van der Waals surface area contributed by atoms with Gasteiger partial charge in [-0.15, -0.1) is 0 Å². The highest BCUT2D eigenvalue weighted by Gasteiger charge is 2.38. The Labute approximate surface area is 160 Å². The Morgan fingerprint density at radius 1 is 1.07 bits per heavy atom. The molecule has 5 heteroatoms. The van der Waals surface area contributed by atoms with Gasteiger partial charge in [0.2, 0.25) is 11.8 Å². The number of likely N-dealkylation sites (tertiary alicyclic amines) is 1. The van der Waals surface area contributed by atoms with Crippen molar-refractivity contribution in [3.63, 3.8) is 0 Å². The molecule has 4 atom stereocenters. The Hall–Kier alpha value is -2.66. The van der Waals surface area contributed by atoms with Crippen molar-refractivity contribution >= 4 is 11.8 Å². The third-order valence-corrected chi connectivity index (χ3v) is 5.43. The van der Waals surface area contributed by atoms with Gasteiger partial charge >= 0.3 is 0 Å². The molecule has 0 aromatic heterocycles. The number of amides is 2. The average molecular weight is 365 g/mol. The summed E-state index contributed by atoms with van der Waals surface area (Å²) in [4.78, 5) is 26.6. The zero-order valence-corrected chi connectivity index (χ0v) is 15.8. The van der Waals surface area contributed by atoms with E-state index in [4.69, 9.17) is 5.73 Å². The van der Waals surface area contributed by atoms with Crippen molar-refractivity contribution in [3.8, 4) is 0 Å². The van der Waals surface area contributed by atoms with Crippen LogP contribution in [0.1, 0.15) is 36.3 Å². The topological polar surface area (TPSA) is 75.4 Å². The van der Waals surface area contributed by atoms with Gasteiger partial charge in [0.25, 0.3) is 0 Å². The number of primary amides is 1. The second-order valence-corrected chi connectivity index (χ2v) is 7.35. The highest BCUT2D eigenvalue weighted by Crippen LogP contribution is 2.36. The molecule has 0 spiro atoms. The van der Waals surface area contributed by atoms with E-state index in [1.807, 2.05) is 43.4 Å². The molecule has 3 N–H and O–H groups in total. The molecule has 142 valence electrons. The third-order valence-electron chi connectivity index (χ3n) is 5.43. The van der Waals surface area contributed by atoms with Gasteiger partial charge < -0.3 is 10.6 Å². The molecule has 2 aromatic rings. The lowest BCUT2D eigenvalue weighted by atomic mass is 9.82. The molecular formula is C22H27N3O2. The number of nitrogens with two attached hydrogens (primary N) is 1. The smallest absolute Gasteiger partial charge is 0.240 e. The van der Waals surface area contributed by atoms with Crippen molar-refractivity contribution in [1.29, 1.82) is 0 Å². The van der Waals surface area contributed by atoms with Gasteiger partial charge in [-0.3, -0.25) is 14.9 Å². The van der Waals surface area contributed by atoms with Crippen molar-refractivity contribution < 1.29 is 9.59 Å². The minimum Gasteiger partial charge on any atom is -0.368 e. The first-order chi connectivity index (χ1) is 13.0. The van der Waals surface area contributed by atoms with Gasteiger partial charge in [-0.1, -0.05) is 60.7 Å². The summed E-state index contributed by atoms with van der Waals surface area (Å²) in [6, 6.07) is 19.3. The highest BCUT2D eigenvalue weighted by molar-refractivity contribution is 5.85. The van der Waals surface area contributed by atoms with Crippen molar-refractivity contribution in [2.45, 2.75) is 37.3 Å². The first kappa shape index (κ1) is 19.1. The van der Waals surface area contributed by atoms with Crippen molar-refractivity contribution in [2.24, 2.45) is 5.73 Å². The molecule has 5 nitrogen and oxygen atoms in total. The maximum atomic E-state index is 13.2. The van der Waals surface area contributed by atoms with Crippen LogP contribution in [0.5, 0.6) is 0 Å². The minimum atomic E-state index is -0.577. The van der Waals surface area contributed by atoms with Crippen LogP contribution in [0.2, 0.25) is 0 Å². The van der Waals surface area contributed by atoms with Gasteiger partial charge in [0.15, 0.2) is 0 Å². The number of hydrogen-bond donors (Lipinski definition) is 2.